The summed E-state index contributed by atoms with van der Waals surface area (Å²) in [6.45, 7) is 0. The first kappa shape index (κ1) is 8.56. The number of benzene rings is 1. The van der Waals surface area contributed by atoms with Crippen molar-refractivity contribution in [3.8, 4) is 0 Å². The molecule has 1 aliphatic rings. The van der Waals surface area contributed by atoms with Crippen LogP contribution in [0.1, 0.15) is 15.9 Å². The highest BCUT2D eigenvalue weighted by molar-refractivity contribution is 9.10. The molecule has 0 heterocycles. The zero-order valence-electron chi connectivity index (χ0n) is 6.43. The van der Waals surface area contributed by atoms with Crippen LogP contribution in [0.5, 0.6) is 0 Å². The summed E-state index contributed by atoms with van der Waals surface area (Å²) < 4.78 is 13.6. The molecular formula is C9H4BrFO2. The van der Waals surface area contributed by atoms with Crippen LogP contribution in [0.25, 0.3) is 0 Å². The van der Waals surface area contributed by atoms with Crippen molar-refractivity contribution in [3.63, 3.8) is 0 Å². The van der Waals surface area contributed by atoms with Crippen molar-refractivity contribution in [2.75, 3.05) is 0 Å². The third kappa shape index (κ3) is 1.13. The minimum atomic E-state index is -0.582. The van der Waals surface area contributed by atoms with E-state index in [9.17, 15) is 14.0 Å². The SMILES string of the molecule is O=C1Cc2c(ccc(Br)c2F)C1=O. The first-order chi connectivity index (χ1) is 6.11. The molecule has 0 saturated heterocycles. The number of hydrogen-bond acceptors (Lipinski definition) is 2. The van der Waals surface area contributed by atoms with Crippen molar-refractivity contribution in [3.05, 3.63) is 33.5 Å². The Kier molecular flexibility index (Phi) is 1.80. The molecule has 1 aliphatic carbocycles. The monoisotopic (exact) mass is 242 g/mol. The second kappa shape index (κ2) is 2.73. The van der Waals surface area contributed by atoms with E-state index in [1.54, 1.807) is 0 Å². The van der Waals surface area contributed by atoms with Gasteiger partial charge in [-0.15, -0.1) is 0 Å². The first-order valence-corrected chi connectivity index (χ1v) is 4.45. The number of halogens is 2. The Labute approximate surface area is 81.9 Å². The van der Waals surface area contributed by atoms with Crippen molar-refractivity contribution in [2.24, 2.45) is 0 Å². The van der Waals surface area contributed by atoms with Gasteiger partial charge in [0, 0.05) is 17.5 Å². The maximum absolute atomic E-state index is 13.3. The van der Waals surface area contributed by atoms with Crippen LogP contribution in [-0.4, -0.2) is 11.6 Å². The molecule has 0 aromatic heterocycles. The lowest BCUT2D eigenvalue weighted by molar-refractivity contribution is -0.114. The Morgan fingerprint density at radius 2 is 2.00 bits per heavy atom. The Bertz CT molecular complexity index is 426. The van der Waals surface area contributed by atoms with Gasteiger partial charge >= 0.3 is 0 Å². The van der Waals surface area contributed by atoms with Crippen LogP contribution >= 0.6 is 15.9 Å². The van der Waals surface area contributed by atoms with Gasteiger partial charge in [0.05, 0.1) is 4.47 Å². The van der Waals surface area contributed by atoms with Gasteiger partial charge in [0.1, 0.15) is 5.82 Å². The molecule has 13 heavy (non-hydrogen) atoms. The maximum atomic E-state index is 13.3. The molecule has 0 bridgehead atoms. The fourth-order valence-corrected chi connectivity index (χ4v) is 1.74. The summed E-state index contributed by atoms with van der Waals surface area (Å²) >= 11 is 2.99. The van der Waals surface area contributed by atoms with E-state index in [1.807, 2.05) is 0 Å². The van der Waals surface area contributed by atoms with E-state index in [0.29, 0.717) is 0 Å². The molecule has 0 radical (unpaired) electrons. The van der Waals surface area contributed by atoms with Gasteiger partial charge in [0.15, 0.2) is 0 Å². The van der Waals surface area contributed by atoms with Crippen molar-refractivity contribution in [1.82, 2.24) is 0 Å². The molecule has 1 aromatic carbocycles. The van der Waals surface area contributed by atoms with E-state index in [0.717, 1.165) is 0 Å². The molecule has 0 amide bonds. The Morgan fingerprint density at radius 1 is 1.31 bits per heavy atom. The minimum absolute atomic E-state index is 0.112. The normalized spacial score (nSPS) is 14.9. The number of rotatable bonds is 0. The van der Waals surface area contributed by atoms with E-state index in [4.69, 9.17) is 0 Å². The van der Waals surface area contributed by atoms with Crippen LogP contribution in [0.3, 0.4) is 0 Å². The van der Waals surface area contributed by atoms with Crippen LogP contribution in [-0.2, 0) is 11.2 Å². The molecule has 1 aromatic rings. The van der Waals surface area contributed by atoms with Gasteiger partial charge in [-0.05, 0) is 28.1 Å². The van der Waals surface area contributed by atoms with Gasteiger partial charge in [-0.25, -0.2) is 4.39 Å². The molecule has 2 rings (SSSR count). The van der Waals surface area contributed by atoms with Gasteiger partial charge < -0.3 is 0 Å². The van der Waals surface area contributed by atoms with Gasteiger partial charge in [0.25, 0.3) is 0 Å². The van der Waals surface area contributed by atoms with E-state index < -0.39 is 17.4 Å². The summed E-state index contributed by atoms with van der Waals surface area (Å²) in [6.07, 6.45) is -0.112. The topological polar surface area (TPSA) is 34.1 Å². The largest absolute Gasteiger partial charge is 0.290 e. The Morgan fingerprint density at radius 3 is 2.69 bits per heavy atom. The van der Waals surface area contributed by atoms with Crippen LogP contribution in [0.4, 0.5) is 4.39 Å². The molecule has 0 spiro atoms. The molecular weight excluding hydrogens is 239 g/mol. The number of ketones is 2. The lowest BCUT2D eigenvalue weighted by atomic mass is 10.1. The van der Waals surface area contributed by atoms with Crippen molar-refractivity contribution in [2.45, 2.75) is 6.42 Å². The molecule has 0 saturated carbocycles. The average Bonchev–Trinajstić information content (AvgIpc) is 2.38. The summed E-state index contributed by atoms with van der Waals surface area (Å²) in [5.74, 6) is -1.62. The lowest BCUT2D eigenvalue weighted by Crippen LogP contribution is -2.05. The molecule has 0 aliphatic heterocycles. The fraction of sp³-hybridized carbons (Fsp3) is 0.111. The Hall–Kier alpha value is -1.03. The summed E-state index contributed by atoms with van der Waals surface area (Å²) in [4.78, 5) is 22.1. The number of Topliss-reactive ketones (excluding diaryl/α,β-unsaturated/α-hetero) is 2. The summed E-state index contributed by atoms with van der Waals surface area (Å²) in [6, 6.07) is 2.90. The predicted octanol–water partition coefficient (Wildman–Crippen LogP) is 1.90. The maximum Gasteiger partial charge on any atom is 0.229 e. The molecule has 2 nitrogen and oxygen atoms in total. The number of carbonyl (C=O) groups excluding carboxylic acids is 2. The average molecular weight is 243 g/mol. The van der Waals surface area contributed by atoms with E-state index in [-0.39, 0.29) is 22.0 Å². The van der Waals surface area contributed by atoms with Crippen molar-refractivity contribution in [1.29, 1.82) is 0 Å². The second-order valence-corrected chi connectivity index (χ2v) is 3.67. The molecule has 0 atom stereocenters. The molecule has 66 valence electrons. The van der Waals surface area contributed by atoms with Crippen molar-refractivity contribution >= 4 is 27.5 Å². The quantitative estimate of drug-likeness (QED) is 0.652. The third-order valence-electron chi connectivity index (χ3n) is 2.03. The smallest absolute Gasteiger partial charge is 0.229 e. The molecule has 0 fully saturated rings. The highest BCUT2D eigenvalue weighted by Crippen LogP contribution is 2.27. The van der Waals surface area contributed by atoms with Crippen LogP contribution < -0.4 is 0 Å². The van der Waals surface area contributed by atoms with Crippen molar-refractivity contribution < 1.29 is 14.0 Å². The second-order valence-electron chi connectivity index (χ2n) is 2.82. The summed E-state index contributed by atoms with van der Waals surface area (Å²) in [5.41, 5.74) is 0.412. The lowest BCUT2D eigenvalue weighted by Gasteiger charge is -1.99. The zero-order chi connectivity index (χ0) is 9.59. The summed E-state index contributed by atoms with van der Waals surface area (Å²) in [7, 11) is 0. The van der Waals surface area contributed by atoms with Crippen LogP contribution in [0.15, 0.2) is 16.6 Å². The standard InChI is InChI=1S/C9H4BrFO2/c10-6-2-1-4-5(8(6)11)3-7(12)9(4)13/h1-2H,3H2. The first-order valence-electron chi connectivity index (χ1n) is 3.65. The highest BCUT2D eigenvalue weighted by Gasteiger charge is 2.31. The van der Waals surface area contributed by atoms with Gasteiger partial charge in [0.2, 0.25) is 11.6 Å². The van der Waals surface area contributed by atoms with E-state index in [1.165, 1.54) is 12.1 Å². The predicted molar refractivity (Wildman–Crippen MR) is 47.1 cm³/mol. The molecule has 0 unspecified atom stereocenters. The Balaban J connectivity index is 2.70. The summed E-state index contributed by atoms with van der Waals surface area (Å²) in [5, 5.41) is 0. The zero-order valence-corrected chi connectivity index (χ0v) is 8.02. The third-order valence-corrected chi connectivity index (χ3v) is 2.64. The minimum Gasteiger partial charge on any atom is -0.290 e. The van der Waals surface area contributed by atoms with Gasteiger partial charge in [-0.2, -0.15) is 0 Å². The van der Waals surface area contributed by atoms with Crippen LogP contribution in [0, 0.1) is 5.82 Å². The van der Waals surface area contributed by atoms with Gasteiger partial charge in [-0.1, -0.05) is 0 Å². The number of hydrogen-bond donors (Lipinski definition) is 0. The van der Waals surface area contributed by atoms with E-state index >= 15 is 0 Å². The molecule has 4 heteroatoms. The fourth-order valence-electron chi connectivity index (χ4n) is 1.37. The molecule has 0 N–H and O–H groups in total. The number of fused-ring (bicyclic) bond motifs is 1. The van der Waals surface area contributed by atoms with Crippen LogP contribution in [0.2, 0.25) is 0 Å². The number of carbonyl (C=O) groups is 2. The van der Waals surface area contributed by atoms with Gasteiger partial charge in [-0.3, -0.25) is 9.59 Å². The highest BCUT2D eigenvalue weighted by atomic mass is 79.9. The van der Waals surface area contributed by atoms with E-state index in [2.05, 4.69) is 15.9 Å².